The van der Waals surface area contributed by atoms with E-state index in [9.17, 15) is 14.4 Å². The Kier molecular flexibility index (Phi) is 6.92. The molecule has 2 aliphatic rings. The number of anilines is 2. The first-order chi connectivity index (χ1) is 15.9. The van der Waals surface area contributed by atoms with Crippen LogP contribution in [-0.2, 0) is 19.1 Å². The van der Waals surface area contributed by atoms with Gasteiger partial charge in [-0.05, 0) is 31.0 Å². The van der Waals surface area contributed by atoms with Crippen molar-refractivity contribution in [3.8, 4) is 0 Å². The third kappa shape index (κ3) is 4.57. The Morgan fingerprint density at radius 1 is 1.06 bits per heavy atom. The number of nitrogens with zero attached hydrogens (tertiary/aromatic N) is 2. The van der Waals surface area contributed by atoms with Gasteiger partial charge in [0.2, 0.25) is 5.91 Å². The number of methoxy groups -OCH3 is 1. The van der Waals surface area contributed by atoms with Crippen LogP contribution in [0.1, 0.15) is 17.5 Å². The molecule has 2 aromatic carbocycles. The summed E-state index contributed by atoms with van der Waals surface area (Å²) in [7, 11) is 1.60. The van der Waals surface area contributed by atoms with Crippen LogP contribution >= 0.6 is 24.0 Å². The number of fused-ring (bicyclic) bond motifs is 1. The summed E-state index contributed by atoms with van der Waals surface area (Å²) in [4.78, 5) is 42.6. The van der Waals surface area contributed by atoms with Gasteiger partial charge in [-0.2, -0.15) is 0 Å². The van der Waals surface area contributed by atoms with E-state index in [2.05, 4.69) is 5.32 Å². The van der Waals surface area contributed by atoms with Gasteiger partial charge in [-0.15, -0.1) is 0 Å². The predicted octanol–water partition coefficient (Wildman–Crippen LogP) is 3.59. The molecular weight excluding hydrogens is 458 g/mol. The fraction of sp³-hybridized carbons (Fsp3) is 0.250. The Morgan fingerprint density at radius 2 is 1.79 bits per heavy atom. The minimum absolute atomic E-state index is 0.165. The molecule has 33 heavy (non-hydrogen) atoms. The van der Waals surface area contributed by atoms with Crippen molar-refractivity contribution in [2.45, 2.75) is 13.3 Å². The van der Waals surface area contributed by atoms with Crippen LogP contribution in [-0.4, -0.2) is 53.7 Å². The molecule has 0 saturated carbocycles. The Balaban J connectivity index is 1.61. The number of rotatable bonds is 7. The van der Waals surface area contributed by atoms with E-state index in [-0.39, 0.29) is 24.3 Å². The molecule has 1 fully saturated rings. The number of aryl methyl sites for hydroxylation is 1. The molecule has 0 radical (unpaired) electrons. The van der Waals surface area contributed by atoms with E-state index < -0.39 is 0 Å². The number of amides is 3. The maximum atomic E-state index is 13.5. The number of benzene rings is 2. The zero-order valence-electron chi connectivity index (χ0n) is 18.3. The topological polar surface area (TPSA) is 79.0 Å². The number of thioether (sulfide) groups is 1. The van der Waals surface area contributed by atoms with Gasteiger partial charge >= 0.3 is 0 Å². The maximum Gasteiger partial charge on any atom is 0.267 e. The van der Waals surface area contributed by atoms with Gasteiger partial charge in [-0.1, -0.05) is 60.4 Å². The first kappa shape index (κ1) is 23.2. The van der Waals surface area contributed by atoms with Gasteiger partial charge in [0.1, 0.15) is 10.9 Å². The molecule has 0 unspecified atom stereocenters. The SMILES string of the molecule is COCCCN1C(=O)C(=C2C(=O)N(CC(=O)Nc3ccccc3C)c3ccccc32)SC1=S. The molecule has 2 aliphatic heterocycles. The Labute approximate surface area is 201 Å². The second-order valence-electron chi connectivity index (χ2n) is 7.65. The van der Waals surface area contributed by atoms with E-state index in [0.29, 0.717) is 51.3 Å². The lowest BCUT2D eigenvalue weighted by Gasteiger charge is -2.17. The molecule has 0 bridgehead atoms. The monoisotopic (exact) mass is 481 g/mol. The van der Waals surface area contributed by atoms with Gasteiger partial charge in [-0.25, -0.2) is 0 Å². The van der Waals surface area contributed by atoms with Crippen LogP contribution in [0.3, 0.4) is 0 Å². The highest BCUT2D eigenvalue weighted by atomic mass is 32.2. The predicted molar refractivity (Wildman–Crippen MR) is 134 cm³/mol. The quantitative estimate of drug-likeness (QED) is 0.370. The fourth-order valence-corrected chi connectivity index (χ4v) is 5.19. The van der Waals surface area contributed by atoms with Crippen molar-refractivity contribution in [1.29, 1.82) is 0 Å². The molecule has 4 rings (SSSR count). The molecule has 2 aromatic rings. The Hall–Kier alpha value is -3.01. The highest BCUT2D eigenvalue weighted by Gasteiger charge is 2.42. The Morgan fingerprint density at radius 3 is 2.55 bits per heavy atom. The second kappa shape index (κ2) is 9.86. The summed E-state index contributed by atoms with van der Waals surface area (Å²) in [6.45, 7) is 2.67. The average Bonchev–Trinajstić information content (AvgIpc) is 3.23. The van der Waals surface area contributed by atoms with Crippen molar-refractivity contribution in [2.24, 2.45) is 0 Å². The summed E-state index contributed by atoms with van der Waals surface area (Å²) in [5, 5.41) is 2.86. The van der Waals surface area contributed by atoms with E-state index in [1.807, 2.05) is 37.3 Å². The number of para-hydroxylation sites is 2. The summed E-state index contributed by atoms with van der Waals surface area (Å²) in [5.74, 6) is -0.986. The number of carbonyl (C=O) groups excluding carboxylic acids is 3. The molecule has 3 amide bonds. The summed E-state index contributed by atoms with van der Waals surface area (Å²) in [6.07, 6.45) is 0.640. The van der Waals surface area contributed by atoms with Crippen LogP contribution in [0.25, 0.3) is 5.57 Å². The largest absolute Gasteiger partial charge is 0.385 e. The number of carbonyl (C=O) groups is 3. The van der Waals surface area contributed by atoms with Crippen molar-refractivity contribution in [3.05, 3.63) is 64.6 Å². The number of hydrogen-bond acceptors (Lipinski definition) is 6. The third-order valence-electron chi connectivity index (χ3n) is 5.45. The van der Waals surface area contributed by atoms with Gasteiger partial charge in [0.25, 0.3) is 11.8 Å². The Bertz CT molecular complexity index is 1180. The van der Waals surface area contributed by atoms with E-state index in [4.69, 9.17) is 17.0 Å². The van der Waals surface area contributed by atoms with Crippen LogP contribution < -0.4 is 10.2 Å². The van der Waals surface area contributed by atoms with Gasteiger partial charge in [0.15, 0.2) is 0 Å². The average molecular weight is 482 g/mol. The molecule has 2 heterocycles. The molecule has 170 valence electrons. The highest BCUT2D eigenvalue weighted by molar-refractivity contribution is 8.26. The highest BCUT2D eigenvalue weighted by Crippen LogP contribution is 2.44. The lowest BCUT2D eigenvalue weighted by molar-refractivity contribution is -0.122. The van der Waals surface area contributed by atoms with Crippen molar-refractivity contribution in [2.75, 3.05) is 37.0 Å². The number of thiocarbonyl (C=S) groups is 1. The summed E-state index contributed by atoms with van der Waals surface area (Å²) in [5.41, 5.74) is 3.14. The van der Waals surface area contributed by atoms with Crippen molar-refractivity contribution in [3.63, 3.8) is 0 Å². The van der Waals surface area contributed by atoms with E-state index in [1.165, 1.54) is 9.80 Å². The van der Waals surface area contributed by atoms with E-state index in [0.717, 1.165) is 17.3 Å². The molecule has 0 aliphatic carbocycles. The molecule has 7 nitrogen and oxygen atoms in total. The van der Waals surface area contributed by atoms with Crippen LogP contribution in [0.4, 0.5) is 11.4 Å². The first-order valence-corrected chi connectivity index (χ1v) is 11.7. The standard InChI is InChI=1S/C24H23N3O4S2/c1-15-8-3-5-10-17(15)25-19(28)14-27-18-11-6-4-9-16(18)20(22(27)29)21-23(30)26(24(32)33-21)12-7-13-31-2/h3-6,8-11H,7,12-14H2,1-2H3,(H,25,28). The number of nitrogens with one attached hydrogen (secondary N) is 1. The zero-order chi connectivity index (χ0) is 23.5. The van der Waals surface area contributed by atoms with Gasteiger partial charge in [0, 0.05) is 31.5 Å². The summed E-state index contributed by atoms with van der Waals surface area (Å²) >= 11 is 6.53. The molecular formula is C24H23N3O4S2. The normalized spacial score (nSPS) is 17.7. The van der Waals surface area contributed by atoms with Gasteiger partial charge in [0.05, 0.1) is 16.2 Å². The lowest BCUT2D eigenvalue weighted by atomic mass is 10.1. The van der Waals surface area contributed by atoms with Crippen LogP contribution in [0.2, 0.25) is 0 Å². The lowest BCUT2D eigenvalue weighted by Crippen LogP contribution is -2.35. The third-order valence-corrected chi connectivity index (χ3v) is 6.90. The second-order valence-corrected chi connectivity index (χ2v) is 9.29. The number of ether oxygens (including phenoxy) is 1. The fourth-order valence-electron chi connectivity index (χ4n) is 3.81. The smallest absolute Gasteiger partial charge is 0.267 e. The molecule has 1 saturated heterocycles. The molecule has 0 aromatic heterocycles. The van der Waals surface area contributed by atoms with Crippen molar-refractivity contribution in [1.82, 2.24) is 4.90 Å². The van der Waals surface area contributed by atoms with Crippen LogP contribution in [0, 0.1) is 6.92 Å². The van der Waals surface area contributed by atoms with Crippen molar-refractivity contribution >= 4 is 63.0 Å². The maximum absolute atomic E-state index is 13.5. The minimum atomic E-state index is -0.381. The summed E-state index contributed by atoms with van der Waals surface area (Å²) in [6, 6.07) is 14.6. The molecule has 0 atom stereocenters. The van der Waals surface area contributed by atoms with E-state index >= 15 is 0 Å². The van der Waals surface area contributed by atoms with Gasteiger partial charge < -0.3 is 10.1 Å². The van der Waals surface area contributed by atoms with Gasteiger partial charge in [-0.3, -0.25) is 24.2 Å². The van der Waals surface area contributed by atoms with Crippen molar-refractivity contribution < 1.29 is 19.1 Å². The van der Waals surface area contributed by atoms with Crippen LogP contribution in [0.5, 0.6) is 0 Å². The minimum Gasteiger partial charge on any atom is -0.385 e. The number of hydrogen-bond donors (Lipinski definition) is 1. The van der Waals surface area contributed by atoms with Crippen LogP contribution in [0.15, 0.2) is 53.4 Å². The first-order valence-electron chi connectivity index (χ1n) is 10.5. The molecule has 9 heteroatoms. The molecule has 0 spiro atoms. The summed E-state index contributed by atoms with van der Waals surface area (Å²) < 4.78 is 5.48. The molecule has 1 N–H and O–H groups in total. The zero-order valence-corrected chi connectivity index (χ0v) is 19.9. The van der Waals surface area contributed by atoms with E-state index in [1.54, 1.807) is 25.3 Å².